The molecule has 0 aliphatic carbocycles. The molecule has 1 heterocycles. The number of nitrogens with one attached hydrogen (secondary N) is 1. The van der Waals surface area contributed by atoms with E-state index in [9.17, 15) is 19.1 Å². The van der Waals surface area contributed by atoms with Crippen LogP contribution in [0.2, 0.25) is 0 Å². The lowest BCUT2D eigenvalue weighted by molar-refractivity contribution is -0.104. The van der Waals surface area contributed by atoms with Crippen molar-refractivity contribution in [3.8, 4) is 11.8 Å². The number of halogens is 1. The molecule has 26 heavy (non-hydrogen) atoms. The van der Waals surface area contributed by atoms with E-state index in [4.69, 9.17) is 9.84 Å². The Labute approximate surface area is 150 Å². The molecule has 1 aliphatic heterocycles. The lowest BCUT2D eigenvalue weighted by Crippen LogP contribution is -2.42. The van der Waals surface area contributed by atoms with E-state index in [2.05, 4.69) is 17.2 Å². The monoisotopic (exact) mass is 362 g/mol. The van der Waals surface area contributed by atoms with Gasteiger partial charge in [-0.05, 0) is 24.3 Å². The van der Waals surface area contributed by atoms with Crippen LogP contribution in [0.15, 0.2) is 36.0 Å². The molecule has 2 amide bonds. The number of nitrogens with zero attached hydrogens (tertiary/aromatic N) is 1. The number of allylic oxidation sites excluding steroid dienone is 1. The first-order valence-electron chi connectivity index (χ1n) is 7.87. The van der Waals surface area contributed by atoms with Gasteiger partial charge in [-0.15, -0.1) is 0 Å². The average molecular weight is 362 g/mol. The largest absolute Gasteiger partial charge is 0.394 e. The summed E-state index contributed by atoms with van der Waals surface area (Å²) in [5.74, 6) is 4.91. The number of benzene rings is 1. The van der Waals surface area contributed by atoms with Crippen molar-refractivity contribution in [3.05, 3.63) is 47.4 Å². The number of hydrogen-bond donors (Lipinski definition) is 3. The van der Waals surface area contributed by atoms with Gasteiger partial charge in [-0.2, -0.15) is 0 Å². The van der Waals surface area contributed by atoms with Gasteiger partial charge in [0.25, 0.3) is 0 Å². The lowest BCUT2D eigenvalue weighted by Gasteiger charge is -2.24. The molecule has 1 saturated heterocycles. The highest BCUT2D eigenvalue weighted by Crippen LogP contribution is 2.24. The first kappa shape index (κ1) is 19.6. The van der Waals surface area contributed by atoms with E-state index in [0.29, 0.717) is 11.8 Å². The molecule has 1 aromatic rings. The Balaban J connectivity index is 2.25. The minimum atomic E-state index is -0.935. The quantitative estimate of drug-likeness (QED) is 0.408. The highest BCUT2D eigenvalue weighted by atomic mass is 19.1. The van der Waals surface area contributed by atoms with E-state index in [1.54, 1.807) is 0 Å². The van der Waals surface area contributed by atoms with Crippen LogP contribution in [0.3, 0.4) is 0 Å². The summed E-state index contributed by atoms with van der Waals surface area (Å²) in [6.45, 7) is -0.395. The molecular weight excluding hydrogens is 343 g/mol. The molecular formula is C18H19FN2O5. The van der Waals surface area contributed by atoms with Crippen LogP contribution in [0.5, 0.6) is 0 Å². The summed E-state index contributed by atoms with van der Waals surface area (Å²) in [5, 5.41) is 21.4. The van der Waals surface area contributed by atoms with Gasteiger partial charge >= 0.3 is 6.03 Å². The highest BCUT2D eigenvalue weighted by Gasteiger charge is 2.38. The van der Waals surface area contributed by atoms with Crippen LogP contribution in [0, 0.1) is 17.7 Å². The smallest absolute Gasteiger partial charge is 0.323 e. The predicted molar refractivity (Wildman–Crippen MR) is 90.1 cm³/mol. The summed E-state index contributed by atoms with van der Waals surface area (Å²) in [7, 11) is 1.41. The Kier molecular flexibility index (Phi) is 6.86. The van der Waals surface area contributed by atoms with Crippen LogP contribution < -0.4 is 5.32 Å². The molecule has 3 N–H and O–H groups in total. The van der Waals surface area contributed by atoms with Crippen molar-refractivity contribution in [2.45, 2.75) is 24.9 Å². The van der Waals surface area contributed by atoms with Crippen molar-refractivity contribution in [1.82, 2.24) is 10.2 Å². The van der Waals surface area contributed by atoms with Gasteiger partial charge in [0, 0.05) is 25.2 Å². The standard InChI is InChI=1S/C18H19FN2O5/c1-20-18(25)21(17-8-15(24)16(11-23)26-17)9-13(10-22)3-2-12-4-6-14(19)7-5-12/h4-7,9-10,15-17,23-24H,8,11H2,1H3,(H,20,25)/b13-9-/t15-,16+,17+/m0/s1. The molecule has 0 saturated carbocycles. The van der Waals surface area contributed by atoms with Crippen LogP contribution in [0.25, 0.3) is 0 Å². The third-order valence-corrected chi connectivity index (χ3v) is 3.74. The molecule has 2 rings (SSSR count). The third-order valence-electron chi connectivity index (χ3n) is 3.74. The lowest BCUT2D eigenvalue weighted by atomic mass is 10.2. The fourth-order valence-corrected chi connectivity index (χ4v) is 2.37. The van der Waals surface area contributed by atoms with Crippen LogP contribution in [-0.4, -0.2) is 59.5 Å². The second-order valence-corrected chi connectivity index (χ2v) is 5.54. The summed E-state index contributed by atoms with van der Waals surface area (Å²) in [6, 6.07) is 4.85. The first-order valence-corrected chi connectivity index (χ1v) is 7.87. The van der Waals surface area contributed by atoms with Gasteiger partial charge in [-0.3, -0.25) is 9.69 Å². The number of carbonyl (C=O) groups excluding carboxylic acids is 2. The normalized spacial score (nSPS) is 22.3. The Morgan fingerprint density at radius 2 is 2.15 bits per heavy atom. The van der Waals surface area contributed by atoms with Gasteiger partial charge in [-0.25, -0.2) is 9.18 Å². The second kappa shape index (κ2) is 9.10. The number of hydrogen-bond acceptors (Lipinski definition) is 5. The maximum absolute atomic E-state index is 12.9. The van der Waals surface area contributed by atoms with Crippen molar-refractivity contribution in [2.24, 2.45) is 0 Å². The Hall–Kier alpha value is -2.73. The average Bonchev–Trinajstić information content (AvgIpc) is 3.03. The van der Waals surface area contributed by atoms with Crippen molar-refractivity contribution in [2.75, 3.05) is 13.7 Å². The number of carbonyl (C=O) groups is 2. The van der Waals surface area contributed by atoms with E-state index in [1.807, 2.05) is 0 Å². The predicted octanol–water partition coefficient (Wildman–Crippen LogP) is 0.370. The van der Waals surface area contributed by atoms with Crippen molar-refractivity contribution in [3.63, 3.8) is 0 Å². The Morgan fingerprint density at radius 3 is 2.69 bits per heavy atom. The molecule has 0 bridgehead atoms. The van der Waals surface area contributed by atoms with Crippen molar-refractivity contribution >= 4 is 12.3 Å². The molecule has 1 fully saturated rings. The minimum absolute atomic E-state index is 0.0107. The van der Waals surface area contributed by atoms with Gasteiger partial charge in [0.1, 0.15) is 18.1 Å². The molecule has 1 aliphatic rings. The highest BCUT2D eigenvalue weighted by molar-refractivity contribution is 5.83. The number of aldehydes is 1. The van der Waals surface area contributed by atoms with Gasteiger partial charge < -0.3 is 20.3 Å². The summed E-state index contributed by atoms with van der Waals surface area (Å²) in [4.78, 5) is 24.5. The zero-order valence-corrected chi connectivity index (χ0v) is 14.1. The maximum atomic E-state index is 12.9. The summed E-state index contributed by atoms with van der Waals surface area (Å²) < 4.78 is 18.3. The molecule has 0 spiro atoms. The van der Waals surface area contributed by atoms with E-state index in [-0.39, 0.29) is 12.0 Å². The Morgan fingerprint density at radius 1 is 1.46 bits per heavy atom. The number of urea groups is 1. The number of rotatable bonds is 4. The minimum Gasteiger partial charge on any atom is -0.394 e. The van der Waals surface area contributed by atoms with Gasteiger partial charge in [0.15, 0.2) is 6.29 Å². The molecule has 3 atom stereocenters. The molecule has 0 aromatic heterocycles. The summed E-state index contributed by atoms with van der Waals surface area (Å²) >= 11 is 0. The first-order chi connectivity index (χ1) is 12.5. The fraction of sp³-hybridized carbons (Fsp3) is 0.333. The van der Waals surface area contributed by atoms with Crippen molar-refractivity contribution in [1.29, 1.82) is 0 Å². The van der Waals surface area contributed by atoms with Crippen LogP contribution in [-0.2, 0) is 9.53 Å². The number of amides is 2. The van der Waals surface area contributed by atoms with Crippen LogP contribution in [0.4, 0.5) is 9.18 Å². The summed E-state index contributed by atoms with van der Waals surface area (Å²) in [5.41, 5.74) is 0.488. The second-order valence-electron chi connectivity index (χ2n) is 5.54. The molecule has 7 nitrogen and oxygen atoms in total. The molecule has 138 valence electrons. The zero-order chi connectivity index (χ0) is 19.1. The molecule has 8 heteroatoms. The van der Waals surface area contributed by atoms with E-state index >= 15 is 0 Å². The fourth-order valence-electron chi connectivity index (χ4n) is 2.37. The van der Waals surface area contributed by atoms with Crippen LogP contribution in [0.1, 0.15) is 12.0 Å². The number of ether oxygens (including phenoxy) is 1. The maximum Gasteiger partial charge on any atom is 0.323 e. The molecule has 1 aromatic carbocycles. The van der Waals surface area contributed by atoms with E-state index < -0.39 is 36.9 Å². The van der Waals surface area contributed by atoms with Crippen molar-refractivity contribution < 1.29 is 28.9 Å². The third kappa shape index (κ3) is 4.89. The van der Waals surface area contributed by atoms with Gasteiger partial charge in [0.2, 0.25) is 0 Å². The Bertz CT molecular complexity index is 738. The topological polar surface area (TPSA) is 99.1 Å². The molecule has 0 radical (unpaired) electrons. The van der Waals surface area contributed by atoms with E-state index in [1.165, 1.54) is 37.5 Å². The molecule has 0 unspecified atom stereocenters. The van der Waals surface area contributed by atoms with E-state index in [0.717, 1.165) is 4.90 Å². The van der Waals surface area contributed by atoms with Gasteiger partial charge in [-0.1, -0.05) is 11.8 Å². The van der Waals surface area contributed by atoms with Gasteiger partial charge in [0.05, 0.1) is 18.3 Å². The zero-order valence-electron chi connectivity index (χ0n) is 14.1. The number of aliphatic hydroxyl groups is 2. The van der Waals surface area contributed by atoms with Crippen LogP contribution >= 0.6 is 0 Å². The number of aliphatic hydroxyl groups excluding tert-OH is 2. The SMILES string of the molecule is CNC(=O)N(/C=C(/C#Cc1ccc(F)cc1)C=O)[C@H]1C[C@H](O)[C@@H](CO)O1. The summed E-state index contributed by atoms with van der Waals surface area (Å²) in [6.07, 6.45) is -0.848.